The van der Waals surface area contributed by atoms with Gasteiger partial charge in [-0.2, -0.15) is 0 Å². The second-order valence-corrected chi connectivity index (χ2v) is 8.06. The predicted octanol–water partition coefficient (Wildman–Crippen LogP) is 4.58. The summed E-state index contributed by atoms with van der Waals surface area (Å²) in [5, 5.41) is 8.78. The van der Waals surface area contributed by atoms with Gasteiger partial charge in [0.2, 0.25) is 0 Å². The molecule has 154 valence electrons. The maximum absolute atomic E-state index is 12.9. The first-order valence-electron chi connectivity index (χ1n) is 10.2. The van der Waals surface area contributed by atoms with Crippen LogP contribution < -0.4 is 15.4 Å². The Morgan fingerprint density at radius 3 is 2.58 bits per heavy atom. The topological polar surface area (TPSA) is 67.4 Å². The van der Waals surface area contributed by atoms with Crippen LogP contribution in [0.2, 0.25) is 0 Å². The fourth-order valence-corrected chi connectivity index (χ4v) is 4.56. The molecule has 0 aromatic heterocycles. The van der Waals surface area contributed by atoms with Crippen molar-refractivity contribution in [3.63, 3.8) is 0 Å². The lowest BCUT2D eigenvalue weighted by Crippen LogP contribution is -2.46. The van der Waals surface area contributed by atoms with Crippen molar-refractivity contribution in [3.05, 3.63) is 89.1 Å². The standard InChI is InChI=1S/C25H20N2O3S/c28-19-12-6-11-18-22(19)23(27-25(31)26-18)21-17-10-5-4-7-15(17)13-14-20(21)30-24(29)16-8-2-1-3-9-16/h1-5,7-10,13-14,23H,6,11-12H2,(H2,26,27,31). The summed E-state index contributed by atoms with van der Waals surface area (Å²) >= 11 is 5.44. The molecular formula is C25H20N2O3S. The van der Waals surface area contributed by atoms with E-state index in [1.165, 1.54) is 0 Å². The summed E-state index contributed by atoms with van der Waals surface area (Å²) in [6, 6.07) is 20.0. The Labute approximate surface area is 185 Å². The Bertz CT molecular complexity index is 1250. The molecule has 0 bridgehead atoms. The number of esters is 1. The molecule has 1 atom stereocenters. The second kappa shape index (κ2) is 7.96. The van der Waals surface area contributed by atoms with E-state index in [0.717, 1.165) is 34.9 Å². The van der Waals surface area contributed by atoms with E-state index in [1.807, 2.05) is 36.4 Å². The third-order valence-electron chi connectivity index (χ3n) is 5.72. The predicted molar refractivity (Wildman–Crippen MR) is 123 cm³/mol. The van der Waals surface area contributed by atoms with E-state index in [1.54, 1.807) is 30.3 Å². The largest absolute Gasteiger partial charge is 0.423 e. The molecule has 3 aromatic rings. The van der Waals surface area contributed by atoms with Gasteiger partial charge in [-0.15, -0.1) is 0 Å². The molecule has 6 heteroatoms. The number of thiocarbonyl (C=S) groups is 1. The van der Waals surface area contributed by atoms with Crippen molar-refractivity contribution in [2.45, 2.75) is 25.3 Å². The van der Waals surface area contributed by atoms with Gasteiger partial charge in [-0.3, -0.25) is 4.79 Å². The van der Waals surface area contributed by atoms with Gasteiger partial charge >= 0.3 is 5.97 Å². The van der Waals surface area contributed by atoms with Gasteiger partial charge in [-0.05, 0) is 54.0 Å². The highest BCUT2D eigenvalue weighted by Gasteiger charge is 2.36. The number of hydrogen-bond donors (Lipinski definition) is 2. The fourth-order valence-electron chi connectivity index (χ4n) is 4.32. The highest BCUT2D eigenvalue weighted by molar-refractivity contribution is 7.80. The first-order chi connectivity index (χ1) is 15.1. The van der Waals surface area contributed by atoms with Crippen LogP contribution in [-0.2, 0) is 4.79 Å². The molecule has 1 aliphatic heterocycles. The maximum Gasteiger partial charge on any atom is 0.343 e. The third-order valence-corrected chi connectivity index (χ3v) is 5.94. The van der Waals surface area contributed by atoms with Crippen molar-refractivity contribution in [3.8, 4) is 5.75 Å². The molecule has 1 aliphatic carbocycles. The number of ether oxygens (including phenoxy) is 1. The molecule has 1 heterocycles. The second-order valence-electron chi connectivity index (χ2n) is 7.65. The summed E-state index contributed by atoms with van der Waals surface area (Å²) in [6.45, 7) is 0. The molecule has 0 fully saturated rings. The van der Waals surface area contributed by atoms with Gasteiger partial charge in [-0.1, -0.05) is 48.5 Å². The maximum atomic E-state index is 12.9. The van der Waals surface area contributed by atoms with E-state index < -0.39 is 12.0 Å². The van der Waals surface area contributed by atoms with Gasteiger partial charge in [0.05, 0.1) is 11.6 Å². The molecular weight excluding hydrogens is 408 g/mol. The van der Waals surface area contributed by atoms with Crippen LogP contribution in [0.5, 0.6) is 5.75 Å². The van der Waals surface area contributed by atoms with Crippen molar-refractivity contribution in [1.82, 2.24) is 10.6 Å². The van der Waals surface area contributed by atoms with Crippen LogP contribution in [0.15, 0.2) is 78.0 Å². The number of Topliss-reactive ketones (excluding diaryl/α,β-unsaturated/α-hetero) is 1. The Morgan fingerprint density at radius 2 is 1.74 bits per heavy atom. The van der Waals surface area contributed by atoms with Crippen LogP contribution in [0.4, 0.5) is 0 Å². The highest BCUT2D eigenvalue weighted by atomic mass is 32.1. The zero-order valence-corrected chi connectivity index (χ0v) is 17.5. The van der Waals surface area contributed by atoms with E-state index in [0.29, 0.717) is 28.4 Å². The zero-order chi connectivity index (χ0) is 21.4. The highest BCUT2D eigenvalue weighted by Crippen LogP contribution is 2.41. The summed E-state index contributed by atoms with van der Waals surface area (Å²) in [4.78, 5) is 25.8. The molecule has 1 unspecified atom stereocenters. The molecule has 31 heavy (non-hydrogen) atoms. The summed E-state index contributed by atoms with van der Waals surface area (Å²) in [6.07, 6.45) is 2.06. The Kier molecular flexibility index (Phi) is 5.00. The summed E-state index contributed by atoms with van der Waals surface area (Å²) < 4.78 is 5.87. The van der Waals surface area contributed by atoms with Gasteiger partial charge in [0.1, 0.15) is 5.75 Å². The number of carbonyl (C=O) groups excluding carboxylic acids is 2. The molecule has 5 rings (SSSR count). The number of benzene rings is 3. The van der Waals surface area contributed by atoms with E-state index in [4.69, 9.17) is 17.0 Å². The van der Waals surface area contributed by atoms with Gasteiger partial charge in [0.25, 0.3) is 0 Å². The van der Waals surface area contributed by atoms with Crippen LogP contribution in [0.1, 0.15) is 41.2 Å². The number of nitrogens with one attached hydrogen (secondary N) is 2. The molecule has 0 saturated heterocycles. The Morgan fingerprint density at radius 1 is 0.968 bits per heavy atom. The zero-order valence-electron chi connectivity index (χ0n) is 16.7. The first-order valence-corrected chi connectivity index (χ1v) is 10.7. The number of hydrogen-bond acceptors (Lipinski definition) is 4. The average molecular weight is 429 g/mol. The number of allylic oxidation sites excluding steroid dienone is 1. The van der Waals surface area contributed by atoms with Gasteiger partial charge in [0, 0.05) is 23.3 Å². The third kappa shape index (κ3) is 3.59. The average Bonchev–Trinajstić information content (AvgIpc) is 2.79. The lowest BCUT2D eigenvalue weighted by molar-refractivity contribution is -0.116. The molecule has 5 nitrogen and oxygen atoms in total. The summed E-state index contributed by atoms with van der Waals surface area (Å²) in [7, 11) is 0. The van der Waals surface area contributed by atoms with Crippen LogP contribution in [0, 0.1) is 0 Å². The number of ketones is 1. The van der Waals surface area contributed by atoms with Crippen molar-refractivity contribution in [2.24, 2.45) is 0 Å². The Hall–Kier alpha value is -3.51. The monoisotopic (exact) mass is 428 g/mol. The van der Waals surface area contributed by atoms with Crippen molar-refractivity contribution >= 4 is 39.9 Å². The van der Waals surface area contributed by atoms with Crippen LogP contribution >= 0.6 is 12.2 Å². The molecule has 2 aliphatic rings. The van der Waals surface area contributed by atoms with Crippen LogP contribution in [0.3, 0.4) is 0 Å². The van der Waals surface area contributed by atoms with Gasteiger partial charge in [-0.25, -0.2) is 4.79 Å². The Balaban J connectivity index is 1.68. The van der Waals surface area contributed by atoms with E-state index in [-0.39, 0.29) is 5.78 Å². The molecule has 3 aromatic carbocycles. The number of carbonyl (C=O) groups is 2. The minimum Gasteiger partial charge on any atom is -0.423 e. The molecule has 0 spiro atoms. The molecule has 2 N–H and O–H groups in total. The van der Waals surface area contributed by atoms with Gasteiger partial charge < -0.3 is 15.4 Å². The minimum absolute atomic E-state index is 0.0852. The van der Waals surface area contributed by atoms with Crippen molar-refractivity contribution in [1.29, 1.82) is 0 Å². The van der Waals surface area contributed by atoms with Crippen molar-refractivity contribution < 1.29 is 14.3 Å². The fraction of sp³-hybridized carbons (Fsp3) is 0.160. The lowest BCUT2D eigenvalue weighted by Gasteiger charge is -2.34. The van der Waals surface area contributed by atoms with E-state index in [9.17, 15) is 9.59 Å². The van der Waals surface area contributed by atoms with Crippen LogP contribution in [-0.4, -0.2) is 16.9 Å². The SMILES string of the molecule is O=C1CCCC2=C1C(c1c(OC(=O)c3ccccc3)ccc3ccccc13)NC(=S)N2. The summed E-state index contributed by atoms with van der Waals surface area (Å²) in [5.74, 6) is 0.0554. The van der Waals surface area contributed by atoms with E-state index >= 15 is 0 Å². The smallest absolute Gasteiger partial charge is 0.343 e. The van der Waals surface area contributed by atoms with Crippen molar-refractivity contribution in [2.75, 3.05) is 0 Å². The number of fused-ring (bicyclic) bond motifs is 1. The molecule has 0 amide bonds. The number of rotatable bonds is 3. The lowest BCUT2D eigenvalue weighted by atomic mass is 9.83. The molecule has 0 radical (unpaired) electrons. The summed E-state index contributed by atoms with van der Waals surface area (Å²) in [5.41, 5.74) is 2.74. The molecule has 0 saturated carbocycles. The normalized spacial score (nSPS) is 18.3. The van der Waals surface area contributed by atoms with E-state index in [2.05, 4.69) is 10.6 Å². The van der Waals surface area contributed by atoms with Crippen LogP contribution in [0.25, 0.3) is 10.8 Å². The van der Waals surface area contributed by atoms with Gasteiger partial charge in [0.15, 0.2) is 10.9 Å². The minimum atomic E-state index is -0.485. The quantitative estimate of drug-likeness (QED) is 0.362. The first kappa shape index (κ1) is 19.5.